The number of ether oxygens (including phenoxy) is 3. The average molecular weight is 479 g/mol. The topological polar surface area (TPSA) is 118 Å². The summed E-state index contributed by atoms with van der Waals surface area (Å²) in [7, 11) is 4.49. The van der Waals surface area contributed by atoms with Crippen molar-refractivity contribution in [2.45, 2.75) is 26.3 Å². The Morgan fingerprint density at radius 3 is 2.34 bits per heavy atom. The number of aromatic nitrogens is 3. The molecule has 1 amide bonds. The lowest BCUT2D eigenvalue weighted by atomic mass is 10.1. The number of anilines is 1. The number of fused-ring (bicyclic) bond motifs is 1. The van der Waals surface area contributed by atoms with E-state index >= 15 is 0 Å². The highest BCUT2D eigenvalue weighted by Gasteiger charge is 2.18. The summed E-state index contributed by atoms with van der Waals surface area (Å²) in [5, 5.41) is 6.84. The molecule has 1 N–H and O–H groups in total. The number of carbonyl (C=O) groups is 1. The summed E-state index contributed by atoms with van der Waals surface area (Å²) in [6, 6.07) is 11.1. The lowest BCUT2D eigenvalue weighted by Crippen LogP contribution is -2.23. The van der Waals surface area contributed by atoms with Gasteiger partial charge in [0.05, 0.1) is 27.7 Å². The average Bonchev–Trinajstić information content (AvgIpc) is 3.32. The fraction of sp³-hybridized carbons (Fsp3) is 0.280. The number of hydrogen-bond acceptors (Lipinski definition) is 8. The van der Waals surface area contributed by atoms with E-state index in [1.54, 1.807) is 12.1 Å². The van der Waals surface area contributed by atoms with E-state index in [-0.39, 0.29) is 24.5 Å². The second kappa shape index (κ2) is 10.3. The van der Waals surface area contributed by atoms with Gasteiger partial charge in [0.2, 0.25) is 11.7 Å². The number of methoxy groups -OCH3 is 3. The van der Waals surface area contributed by atoms with Crippen LogP contribution in [0.1, 0.15) is 18.9 Å². The first-order valence-electron chi connectivity index (χ1n) is 11.0. The van der Waals surface area contributed by atoms with Gasteiger partial charge in [-0.05, 0) is 12.0 Å². The number of nitrogens with zero attached hydrogens (tertiary/aromatic N) is 3. The largest absolute Gasteiger partial charge is 0.493 e. The van der Waals surface area contributed by atoms with Crippen LogP contribution in [0.15, 0.2) is 52.0 Å². The molecule has 10 heteroatoms. The number of rotatable bonds is 9. The molecule has 35 heavy (non-hydrogen) atoms. The Morgan fingerprint density at radius 1 is 1.06 bits per heavy atom. The van der Waals surface area contributed by atoms with Gasteiger partial charge in [-0.2, -0.15) is 0 Å². The Morgan fingerprint density at radius 2 is 1.74 bits per heavy atom. The van der Waals surface area contributed by atoms with Gasteiger partial charge in [-0.25, -0.2) is 4.98 Å². The van der Waals surface area contributed by atoms with E-state index in [4.69, 9.17) is 18.7 Å². The van der Waals surface area contributed by atoms with E-state index in [0.29, 0.717) is 34.1 Å². The van der Waals surface area contributed by atoms with Crippen molar-refractivity contribution in [3.05, 3.63) is 58.6 Å². The number of benzene rings is 2. The molecule has 4 rings (SSSR count). The van der Waals surface area contributed by atoms with Crippen molar-refractivity contribution in [1.82, 2.24) is 14.7 Å². The van der Waals surface area contributed by atoms with Gasteiger partial charge in [0.1, 0.15) is 11.2 Å². The molecular weight excluding hydrogens is 452 g/mol. The predicted molar refractivity (Wildman–Crippen MR) is 130 cm³/mol. The molecule has 0 aliphatic carbocycles. The molecule has 0 radical (unpaired) electrons. The molecule has 2 aromatic heterocycles. The summed E-state index contributed by atoms with van der Waals surface area (Å²) in [5.41, 5.74) is 3.02. The van der Waals surface area contributed by atoms with Crippen molar-refractivity contribution >= 4 is 22.7 Å². The van der Waals surface area contributed by atoms with E-state index in [1.807, 2.05) is 24.3 Å². The van der Waals surface area contributed by atoms with Crippen molar-refractivity contribution < 1.29 is 23.5 Å². The molecule has 0 saturated heterocycles. The molecule has 4 aromatic rings. The number of carbonyl (C=O) groups excluding carboxylic acids is 1. The van der Waals surface area contributed by atoms with Gasteiger partial charge in [-0.15, -0.1) is 0 Å². The second-order valence-electron chi connectivity index (χ2n) is 7.71. The fourth-order valence-electron chi connectivity index (χ4n) is 3.70. The first-order valence-corrected chi connectivity index (χ1v) is 11.0. The Labute approximate surface area is 201 Å². The summed E-state index contributed by atoms with van der Waals surface area (Å²) < 4.78 is 22.5. The number of amides is 1. The van der Waals surface area contributed by atoms with Crippen molar-refractivity contribution in [2.75, 3.05) is 26.6 Å². The molecule has 0 aliphatic rings. The maximum absolute atomic E-state index is 12.9. The summed E-state index contributed by atoms with van der Waals surface area (Å²) >= 11 is 0. The lowest BCUT2D eigenvalue weighted by molar-refractivity contribution is -0.116. The fourth-order valence-corrected chi connectivity index (χ4v) is 3.70. The van der Waals surface area contributed by atoms with Crippen LogP contribution in [0.25, 0.3) is 22.4 Å². The van der Waals surface area contributed by atoms with Crippen molar-refractivity contribution in [3.63, 3.8) is 0 Å². The number of hydrogen-bond donors (Lipinski definition) is 1. The summed E-state index contributed by atoms with van der Waals surface area (Å²) in [5.74, 6) is 0.948. The Bertz CT molecular complexity index is 1380. The van der Waals surface area contributed by atoms with Crippen molar-refractivity contribution in [1.29, 1.82) is 0 Å². The quantitative estimate of drug-likeness (QED) is 0.387. The van der Waals surface area contributed by atoms with Gasteiger partial charge in [0.15, 0.2) is 11.5 Å². The molecule has 0 fully saturated rings. The summed E-state index contributed by atoms with van der Waals surface area (Å²) in [6.07, 6.45) is 2.36. The van der Waals surface area contributed by atoms with Gasteiger partial charge in [0.25, 0.3) is 11.1 Å². The third kappa shape index (κ3) is 4.81. The molecule has 0 aliphatic heterocycles. The van der Waals surface area contributed by atoms with Gasteiger partial charge in [-0.3, -0.25) is 14.2 Å². The smallest absolute Gasteiger partial charge is 0.299 e. The molecule has 0 unspecified atom stereocenters. The molecule has 0 bridgehead atoms. The highest BCUT2D eigenvalue weighted by Crippen LogP contribution is 2.40. The minimum atomic E-state index is -0.403. The Balaban J connectivity index is 1.49. The van der Waals surface area contributed by atoms with Gasteiger partial charge >= 0.3 is 0 Å². The zero-order chi connectivity index (χ0) is 24.9. The van der Waals surface area contributed by atoms with Crippen LogP contribution in [0.4, 0.5) is 5.69 Å². The highest BCUT2D eigenvalue weighted by molar-refractivity contribution is 5.91. The van der Waals surface area contributed by atoms with Crippen LogP contribution in [0.2, 0.25) is 0 Å². The van der Waals surface area contributed by atoms with Gasteiger partial charge < -0.3 is 24.1 Å². The first kappa shape index (κ1) is 23.8. The monoisotopic (exact) mass is 478 g/mol. The second-order valence-corrected chi connectivity index (χ2v) is 7.71. The SMILES string of the molecule is CCc1ccc(-c2noc3c(=O)n(CCC(=O)Nc4cc(OC)c(OC)c(OC)c4)cnc23)cc1. The zero-order valence-electron chi connectivity index (χ0n) is 20.0. The Hall–Kier alpha value is -4.34. The molecule has 0 atom stereocenters. The minimum absolute atomic E-state index is 0.0310. The van der Waals surface area contributed by atoms with Crippen LogP contribution in [0, 0.1) is 0 Å². The van der Waals surface area contributed by atoms with Crippen LogP contribution in [0.5, 0.6) is 17.2 Å². The third-order valence-corrected chi connectivity index (χ3v) is 5.61. The standard InChI is InChI=1S/C25H26N4O6/c1-5-15-6-8-16(9-7-15)21-22-24(35-28-21)25(31)29(14-26-22)11-10-20(30)27-17-12-18(32-2)23(34-4)19(13-17)33-3/h6-9,12-14H,5,10-11H2,1-4H3,(H,27,30). The van der Waals surface area contributed by atoms with Crippen molar-refractivity contribution in [3.8, 4) is 28.5 Å². The molecule has 2 aromatic carbocycles. The maximum Gasteiger partial charge on any atom is 0.299 e. The molecule has 0 saturated carbocycles. The van der Waals surface area contributed by atoms with Crippen LogP contribution >= 0.6 is 0 Å². The minimum Gasteiger partial charge on any atom is -0.493 e. The van der Waals surface area contributed by atoms with Crippen LogP contribution in [0.3, 0.4) is 0 Å². The normalized spacial score (nSPS) is 10.9. The highest BCUT2D eigenvalue weighted by atomic mass is 16.5. The van der Waals surface area contributed by atoms with E-state index in [1.165, 1.54) is 37.8 Å². The van der Waals surface area contributed by atoms with Gasteiger partial charge in [-0.1, -0.05) is 36.3 Å². The summed E-state index contributed by atoms with van der Waals surface area (Å²) in [4.78, 5) is 29.8. The predicted octanol–water partition coefficient (Wildman–Crippen LogP) is 3.67. The number of aryl methyl sites for hydroxylation is 2. The molecule has 0 spiro atoms. The maximum atomic E-state index is 12.9. The van der Waals surface area contributed by atoms with Crippen molar-refractivity contribution in [2.24, 2.45) is 0 Å². The molecule has 10 nitrogen and oxygen atoms in total. The van der Waals surface area contributed by atoms with Crippen LogP contribution in [-0.4, -0.2) is 41.9 Å². The van der Waals surface area contributed by atoms with Crippen LogP contribution < -0.4 is 25.1 Å². The van der Waals surface area contributed by atoms with E-state index in [0.717, 1.165) is 12.0 Å². The zero-order valence-corrected chi connectivity index (χ0v) is 20.0. The van der Waals surface area contributed by atoms with Gasteiger partial charge in [0, 0.05) is 36.3 Å². The van der Waals surface area contributed by atoms with E-state index in [2.05, 4.69) is 22.4 Å². The Kier molecular flexibility index (Phi) is 7.00. The number of nitrogens with one attached hydrogen (secondary N) is 1. The van der Waals surface area contributed by atoms with E-state index < -0.39 is 5.56 Å². The molecule has 182 valence electrons. The third-order valence-electron chi connectivity index (χ3n) is 5.61. The molecule has 2 heterocycles. The van der Waals surface area contributed by atoms with E-state index in [9.17, 15) is 9.59 Å². The lowest BCUT2D eigenvalue weighted by Gasteiger charge is -2.14. The first-order chi connectivity index (χ1) is 17.0. The summed E-state index contributed by atoms with van der Waals surface area (Å²) in [6.45, 7) is 2.19. The molecular formula is C25H26N4O6. The van der Waals surface area contributed by atoms with Crippen LogP contribution in [-0.2, 0) is 17.8 Å².